The summed E-state index contributed by atoms with van der Waals surface area (Å²) in [5.74, 6) is -0.685. The summed E-state index contributed by atoms with van der Waals surface area (Å²) < 4.78 is 63.8. The van der Waals surface area contributed by atoms with Gasteiger partial charge >= 0.3 is 6.18 Å². The molecule has 13 heteroatoms. The lowest BCUT2D eigenvalue weighted by Gasteiger charge is -2.12. The van der Waals surface area contributed by atoms with Crippen LogP contribution in [0.15, 0.2) is 39.4 Å². The molecular formula is C16H11ClF3N3O3S3. The SMILES string of the molecule is Cc1c(S(=O)(=O)c2ccc(Cl)cc2)csc1C(=O)N(C)c1nnc(C(F)(F)F)s1. The zero-order chi connectivity index (χ0) is 21.6. The molecule has 1 amide bonds. The first-order valence-electron chi connectivity index (χ1n) is 7.70. The number of hydrogen-bond acceptors (Lipinski definition) is 7. The molecule has 3 aromatic rings. The minimum Gasteiger partial charge on any atom is -0.285 e. The number of thiophene rings is 1. The summed E-state index contributed by atoms with van der Waals surface area (Å²) in [5.41, 5.74) is 0.197. The number of amides is 1. The molecule has 0 fully saturated rings. The molecule has 3 rings (SSSR count). The van der Waals surface area contributed by atoms with E-state index in [2.05, 4.69) is 10.2 Å². The second-order valence-corrected chi connectivity index (χ2v) is 9.95. The van der Waals surface area contributed by atoms with Gasteiger partial charge in [0.15, 0.2) is 0 Å². The van der Waals surface area contributed by atoms with E-state index in [0.29, 0.717) is 5.02 Å². The van der Waals surface area contributed by atoms with Crippen LogP contribution < -0.4 is 4.90 Å². The Labute approximate surface area is 176 Å². The molecule has 0 saturated carbocycles. The van der Waals surface area contributed by atoms with Gasteiger partial charge in [0, 0.05) is 17.5 Å². The van der Waals surface area contributed by atoms with Crippen LogP contribution in [-0.2, 0) is 16.0 Å². The molecule has 1 aromatic carbocycles. The van der Waals surface area contributed by atoms with Gasteiger partial charge in [-0.05, 0) is 36.8 Å². The Morgan fingerprint density at radius 3 is 2.34 bits per heavy atom. The van der Waals surface area contributed by atoms with Crippen molar-refractivity contribution < 1.29 is 26.4 Å². The first-order valence-corrected chi connectivity index (χ1v) is 11.3. The number of aromatic nitrogens is 2. The number of halogens is 4. The molecule has 0 aliphatic rings. The summed E-state index contributed by atoms with van der Waals surface area (Å²) in [6.45, 7) is 1.46. The molecule has 0 atom stereocenters. The molecule has 154 valence electrons. The van der Waals surface area contributed by atoms with Crippen LogP contribution in [0.5, 0.6) is 0 Å². The molecule has 2 heterocycles. The highest BCUT2D eigenvalue weighted by Gasteiger charge is 2.37. The normalized spacial score (nSPS) is 12.2. The van der Waals surface area contributed by atoms with E-state index in [4.69, 9.17) is 11.6 Å². The summed E-state index contributed by atoms with van der Waals surface area (Å²) >= 11 is 6.89. The van der Waals surface area contributed by atoms with Crippen molar-refractivity contribution >= 4 is 55.2 Å². The maximum Gasteiger partial charge on any atom is 0.445 e. The van der Waals surface area contributed by atoms with Gasteiger partial charge in [0.05, 0.1) is 14.7 Å². The molecule has 0 radical (unpaired) electrons. The third-order valence-electron chi connectivity index (χ3n) is 3.85. The van der Waals surface area contributed by atoms with Crippen LogP contribution in [0.25, 0.3) is 0 Å². The van der Waals surface area contributed by atoms with Crippen LogP contribution in [0.3, 0.4) is 0 Å². The van der Waals surface area contributed by atoms with Gasteiger partial charge in [0.2, 0.25) is 20.0 Å². The number of hydrogen-bond donors (Lipinski definition) is 0. The van der Waals surface area contributed by atoms with E-state index in [1.54, 1.807) is 0 Å². The van der Waals surface area contributed by atoms with Gasteiger partial charge in [0.25, 0.3) is 5.91 Å². The first-order chi connectivity index (χ1) is 13.4. The van der Waals surface area contributed by atoms with Crippen molar-refractivity contribution in [2.45, 2.75) is 22.9 Å². The summed E-state index contributed by atoms with van der Waals surface area (Å²) in [4.78, 5) is 13.7. The lowest BCUT2D eigenvalue weighted by atomic mass is 10.3. The van der Waals surface area contributed by atoms with Gasteiger partial charge in [-0.1, -0.05) is 22.9 Å². The summed E-state index contributed by atoms with van der Waals surface area (Å²) in [5, 5.41) is 6.71. The fourth-order valence-electron chi connectivity index (χ4n) is 2.32. The highest BCUT2D eigenvalue weighted by atomic mass is 35.5. The standard InChI is InChI=1S/C16H11ClF3N3O3S3/c1-8-11(29(25,26)10-5-3-9(17)4-6-10)7-27-12(8)13(24)23(2)15-22-21-14(28-15)16(18,19)20/h3-7H,1-2H3. The van der Waals surface area contributed by atoms with Gasteiger partial charge in [-0.15, -0.1) is 21.5 Å². The Morgan fingerprint density at radius 2 is 1.79 bits per heavy atom. The molecular weight excluding hydrogens is 471 g/mol. The van der Waals surface area contributed by atoms with Crippen LogP contribution in [-0.4, -0.2) is 31.6 Å². The fraction of sp³-hybridized carbons (Fsp3) is 0.188. The molecule has 0 N–H and O–H groups in total. The first kappa shape index (κ1) is 21.7. The Balaban J connectivity index is 1.93. The minimum atomic E-state index is -4.67. The largest absolute Gasteiger partial charge is 0.445 e. The lowest BCUT2D eigenvalue weighted by Crippen LogP contribution is -2.26. The van der Waals surface area contributed by atoms with Crippen molar-refractivity contribution in [2.24, 2.45) is 0 Å². The van der Waals surface area contributed by atoms with E-state index in [9.17, 15) is 26.4 Å². The van der Waals surface area contributed by atoms with E-state index < -0.39 is 26.9 Å². The molecule has 6 nitrogen and oxygen atoms in total. The van der Waals surface area contributed by atoms with Crippen molar-refractivity contribution in [3.63, 3.8) is 0 Å². The fourth-order valence-corrected chi connectivity index (χ4v) is 6.02. The topological polar surface area (TPSA) is 80.2 Å². The van der Waals surface area contributed by atoms with Gasteiger partial charge in [-0.2, -0.15) is 13.2 Å². The monoisotopic (exact) mass is 481 g/mol. The molecule has 0 aliphatic carbocycles. The van der Waals surface area contributed by atoms with E-state index in [-0.39, 0.29) is 36.7 Å². The predicted molar refractivity (Wildman–Crippen MR) is 104 cm³/mol. The van der Waals surface area contributed by atoms with Crippen LogP contribution >= 0.6 is 34.3 Å². The number of benzene rings is 1. The van der Waals surface area contributed by atoms with E-state index in [0.717, 1.165) is 16.2 Å². The average Bonchev–Trinajstić information content (AvgIpc) is 3.28. The summed E-state index contributed by atoms with van der Waals surface area (Å²) in [6.07, 6.45) is -4.67. The number of carbonyl (C=O) groups excluding carboxylic acids is 1. The highest BCUT2D eigenvalue weighted by Crippen LogP contribution is 2.36. The average molecular weight is 482 g/mol. The minimum absolute atomic E-state index is 0.00842. The number of sulfone groups is 1. The summed E-state index contributed by atoms with van der Waals surface area (Å²) in [7, 11) is -2.65. The third-order valence-corrected chi connectivity index (χ3v) is 8.26. The smallest absolute Gasteiger partial charge is 0.285 e. The second-order valence-electron chi connectivity index (χ2n) is 5.76. The number of carbonyl (C=O) groups is 1. The van der Waals surface area contributed by atoms with Crippen LogP contribution in [0.2, 0.25) is 5.02 Å². The van der Waals surface area contributed by atoms with Gasteiger partial charge in [-0.3, -0.25) is 9.69 Å². The van der Waals surface area contributed by atoms with Crippen LogP contribution in [0, 0.1) is 6.92 Å². The maximum absolute atomic E-state index is 12.8. The van der Waals surface area contributed by atoms with Crippen molar-refractivity contribution in [1.82, 2.24) is 10.2 Å². The molecule has 0 bridgehead atoms. The van der Waals surface area contributed by atoms with Crippen molar-refractivity contribution in [3.05, 3.63) is 50.1 Å². The molecule has 2 aromatic heterocycles. The zero-order valence-corrected chi connectivity index (χ0v) is 17.9. The second kappa shape index (κ2) is 7.67. The van der Waals surface area contributed by atoms with Crippen molar-refractivity contribution in [2.75, 3.05) is 11.9 Å². The molecule has 29 heavy (non-hydrogen) atoms. The maximum atomic E-state index is 12.8. The van der Waals surface area contributed by atoms with E-state index in [1.165, 1.54) is 43.6 Å². The van der Waals surface area contributed by atoms with Crippen LogP contribution in [0.4, 0.5) is 18.3 Å². The Hall–Kier alpha value is -2.02. The number of anilines is 1. The Kier molecular flexibility index (Phi) is 5.73. The molecule has 0 unspecified atom stereocenters. The van der Waals surface area contributed by atoms with Crippen molar-refractivity contribution in [3.8, 4) is 0 Å². The molecule has 0 saturated heterocycles. The summed E-state index contributed by atoms with van der Waals surface area (Å²) in [6, 6.07) is 5.57. The number of alkyl halides is 3. The zero-order valence-electron chi connectivity index (χ0n) is 14.7. The third kappa shape index (κ3) is 4.15. The number of nitrogens with zero attached hydrogens (tertiary/aromatic N) is 3. The van der Waals surface area contributed by atoms with Crippen LogP contribution in [0.1, 0.15) is 20.2 Å². The van der Waals surface area contributed by atoms with E-state index >= 15 is 0 Å². The van der Waals surface area contributed by atoms with Gasteiger partial charge < -0.3 is 0 Å². The van der Waals surface area contributed by atoms with Gasteiger partial charge in [0.1, 0.15) is 0 Å². The Bertz CT molecular complexity index is 1170. The predicted octanol–water partition coefficient (Wildman–Crippen LogP) is 4.69. The van der Waals surface area contributed by atoms with E-state index in [1.807, 2.05) is 0 Å². The van der Waals surface area contributed by atoms with Gasteiger partial charge in [-0.25, -0.2) is 8.42 Å². The molecule has 0 aliphatic heterocycles. The van der Waals surface area contributed by atoms with Crippen molar-refractivity contribution in [1.29, 1.82) is 0 Å². The molecule has 0 spiro atoms. The highest BCUT2D eigenvalue weighted by molar-refractivity contribution is 7.91. The number of rotatable bonds is 4. The Morgan fingerprint density at radius 1 is 1.17 bits per heavy atom. The quantitative estimate of drug-likeness (QED) is 0.540. The lowest BCUT2D eigenvalue weighted by molar-refractivity contribution is -0.138.